The number of aromatic amines is 1. The van der Waals surface area contributed by atoms with Gasteiger partial charge in [0.15, 0.2) is 0 Å². The Morgan fingerprint density at radius 3 is 2.81 bits per heavy atom. The molecule has 3 aromatic rings. The van der Waals surface area contributed by atoms with Crippen LogP contribution in [0.15, 0.2) is 44.0 Å². The van der Waals surface area contributed by atoms with Crippen molar-refractivity contribution in [3.05, 3.63) is 51.0 Å². The standard InChI is InChI=1S/C19H18BrN3O4/c1-18(2,3)19(7-4-8-23(19)17(25)26)16-21-13-11-9-10(20)5-6-12(11)27-14(13)15(24)22-16/h4-7,9H,8H2,1-3H3,(H,25,26)(H,21,22,24)/t19-/m1/s1. The van der Waals surface area contributed by atoms with E-state index in [1.54, 1.807) is 12.1 Å². The van der Waals surface area contributed by atoms with Gasteiger partial charge in [-0.2, -0.15) is 0 Å². The van der Waals surface area contributed by atoms with Crippen molar-refractivity contribution in [3.8, 4) is 0 Å². The number of nitrogens with zero attached hydrogens (tertiary/aromatic N) is 2. The molecule has 4 rings (SSSR count). The molecule has 1 aromatic carbocycles. The lowest BCUT2D eigenvalue weighted by molar-refractivity contribution is 0.0442. The zero-order chi connectivity index (χ0) is 19.6. The normalized spacial score (nSPS) is 20.1. The van der Waals surface area contributed by atoms with Crippen LogP contribution in [0.1, 0.15) is 26.6 Å². The maximum atomic E-state index is 12.8. The lowest BCUT2D eigenvalue weighted by atomic mass is 9.72. The van der Waals surface area contributed by atoms with E-state index in [9.17, 15) is 14.7 Å². The molecule has 0 saturated carbocycles. The topological polar surface area (TPSA) is 99.4 Å². The van der Waals surface area contributed by atoms with Crippen LogP contribution in [0.5, 0.6) is 0 Å². The second-order valence-electron chi connectivity index (χ2n) is 7.65. The minimum absolute atomic E-state index is 0.125. The van der Waals surface area contributed by atoms with Gasteiger partial charge < -0.3 is 14.5 Å². The van der Waals surface area contributed by atoms with Gasteiger partial charge >= 0.3 is 6.09 Å². The van der Waals surface area contributed by atoms with Crippen LogP contribution in [0.25, 0.3) is 22.1 Å². The number of nitrogens with one attached hydrogen (secondary N) is 1. The Labute approximate surface area is 162 Å². The number of H-pyrrole nitrogens is 1. The molecular weight excluding hydrogens is 414 g/mol. The third-order valence-corrected chi connectivity index (χ3v) is 5.59. The molecule has 0 radical (unpaired) electrons. The number of carbonyl (C=O) groups is 1. The largest absolute Gasteiger partial charge is 0.465 e. The molecule has 8 heteroatoms. The van der Waals surface area contributed by atoms with Crippen LogP contribution < -0.4 is 5.56 Å². The zero-order valence-corrected chi connectivity index (χ0v) is 16.6. The summed E-state index contributed by atoms with van der Waals surface area (Å²) in [4.78, 5) is 33.5. The van der Waals surface area contributed by atoms with Gasteiger partial charge in [-0.15, -0.1) is 0 Å². The van der Waals surface area contributed by atoms with Crippen LogP contribution >= 0.6 is 15.9 Å². The highest BCUT2D eigenvalue weighted by atomic mass is 79.9. The quantitative estimate of drug-likeness (QED) is 0.561. The minimum Gasteiger partial charge on any atom is -0.465 e. The van der Waals surface area contributed by atoms with Crippen molar-refractivity contribution < 1.29 is 14.3 Å². The van der Waals surface area contributed by atoms with E-state index in [1.165, 1.54) is 4.90 Å². The molecule has 0 bridgehead atoms. The summed E-state index contributed by atoms with van der Waals surface area (Å²) in [5, 5.41) is 10.5. The van der Waals surface area contributed by atoms with E-state index in [2.05, 4.69) is 20.9 Å². The summed E-state index contributed by atoms with van der Waals surface area (Å²) in [6.45, 7) is 6.00. The SMILES string of the molecule is CC(C)(C)[C@]1(c2nc3c(oc4ccc(Br)cc43)c(=O)[nH]2)C=CCN1C(=O)O. The summed E-state index contributed by atoms with van der Waals surface area (Å²) < 4.78 is 6.51. The molecular formula is C19H18BrN3O4. The highest BCUT2D eigenvalue weighted by Crippen LogP contribution is 2.47. The van der Waals surface area contributed by atoms with E-state index in [0.29, 0.717) is 16.5 Å². The Balaban J connectivity index is 2.09. The van der Waals surface area contributed by atoms with Crippen LogP contribution in [0.3, 0.4) is 0 Å². The number of benzene rings is 1. The van der Waals surface area contributed by atoms with Crippen molar-refractivity contribution in [2.24, 2.45) is 5.41 Å². The van der Waals surface area contributed by atoms with Gasteiger partial charge in [0, 0.05) is 16.4 Å². The molecule has 1 aliphatic rings. The fourth-order valence-electron chi connectivity index (χ4n) is 3.81. The fraction of sp³-hybridized carbons (Fsp3) is 0.316. The Morgan fingerprint density at radius 1 is 1.41 bits per heavy atom. The second kappa shape index (κ2) is 5.69. The van der Waals surface area contributed by atoms with Crippen molar-refractivity contribution in [2.75, 3.05) is 6.54 Å². The number of furan rings is 1. The van der Waals surface area contributed by atoms with Crippen LogP contribution in [0.2, 0.25) is 0 Å². The van der Waals surface area contributed by atoms with E-state index in [0.717, 1.165) is 4.47 Å². The molecule has 0 aliphatic carbocycles. The first-order chi connectivity index (χ1) is 12.6. The van der Waals surface area contributed by atoms with E-state index in [4.69, 9.17) is 9.40 Å². The summed E-state index contributed by atoms with van der Waals surface area (Å²) in [7, 11) is 0. The molecule has 2 N–H and O–H groups in total. The molecule has 7 nitrogen and oxygen atoms in total. The summed E-state index contributed by atoms with van der Waals surface area (Å²) in [6.07, 6.45) is 2.52. The average Bonchev–Trinajstić information content (AvgIpc) is 3.17. The molecule has 0 saturated heterocycles. The van der Waals surface area contributed by atoms with Gasteiger partial charge in [-0.25, -0.2) is 9.78 Å². The van der Waals surface area contributed by atoms with Gasteiger partial charge in [0.05, 0.1) is 0 Å². The molecule has 1 aliphatic heterocycles. The van der Waals surface area contributed by atoms with Gasteiger partial charge in [-0.05, 0) is 23.6 Å². The summed E-state index contributed by atoms with van der Waals surface area (Å²) in [5.41, 5.74) is -0.995. The molecule has 140 valence electrons. The minimum atomic E-state index is -1.10. The Morgan fingerprint density at radius 2 is 2.15 bits per heavy atom. The number of rotatable bonds is 1. The first-order valence-electron chi connectivity index (χ1n) is 8.46. The first kappa shape index (κ1) is 17.8. The predicted molar refractivity (Wildman–Crippen MR) is 105 cm³/mol. The molecule has 1 amide bonds. The lowest BCUT2D eigenvalue weighted by Gasteiger charge is -2.45. The highest BCUT2D eigenvalue weighted by molar-refractivity contribution is 9.10. The van der Waals surface area contributed by atoms with E-state index in [1.807, 2.05) is 39.0 Å². The molecule has 1 atom stereocenters. The second-order valence-corrected chi connectivity index (χ2v) is 8.56. The maximum Gasteiger partial charge on any atom is 0.408 e. The lowest BCUT2D eigenvalue weighted by Crippen LogP contribution is -2.54. The van der Waals surface area contributed by atoms with E-state index < -0.39 is 22.6 Å². The van der Waals surface area contributed by atoms with Gasteiger partial charge in [-0.3, -0.25) is 9.69 Å². The van der Waals surface area contributed by atoms with Crippen LogP contribution in [-0.2, 0) is 5.54 Å². The summed E-state index contributed by atoms with van der Waals surface area (Å²) in [6, 6.07) is 5.42. The smallest absolute Gasteiger partial charge is 0.408 e. The van der Waals surface area contributed by atoms with Gasteiger partial charge in [0.2, 0.25) is 5.58 Å². The van der Waals surface area contributed by atoms with Crippen molar-refractivity contribution in [1.29, 1.82) is 0 Å². The molecule has 27 heavy (non-hydrogen) atoms. The molecule has 0 unspecified atom stereocenters. The Kier molecular flexibility index (Phi) is 3.75. The number of carboxylic acid groups (broad SMARTS) is 1. The van der Waals surface area contributed by atoms with Crippen LogP contribution in [0, 0.1) is 5.41 Å². The van der Waals surface area contributed by atoms with Crippen LogP contribution in [0.4, 0.5) is 4.79 Å². The van der Waals surface area contributed by atoms with Crippen molar-refractivity contribution >= 4 is 44.1 Å². The fourth-order valence-corrected chi connectivity index (χ4v) is 4.18. The van der Waals surface area contributed by atoms with E-state index in [-0.39, 0.29) is 18.0 Å². The first-order valence-corrected chi connectivity index (χ1v) is 9.25. The van der Waals surface area contributed by atoms with Crippen LogP contribution in [-0.4, -0.2) is 32.6 Å². The summed E-state index contributed by atoms with van der Waals surface area (Å²) >= 11 is 3.42. The molecule has 0 fully saturated rings. The number of aromatic nitrogens is 2. The summed E-state index contributed by atoms with van der Waals surface area (Å²) in [5.74, 6) is 0.284. The monoisotopic (exact) mass is 431 g/mol. The van der Waals surface area contributed by atoms with Gasteiger partial charge in [0.25, 0.3) is 5.56 Å². The van der Waals surface area contributed by atoms with Gasteiger partial charge in [-0.1, -0.05) is 48.9 Å². The van der Waals surface area contributed by atoms with Crippen molar-refractivity contribution in [1.82, 2.24) is 14.9 Å². The average molecular weight is 432 g/mol. The highest BCUT2D eigenvalue weighted by Gasteiger charge is 2.52. The molecule has 3 heterocycles. The Bertz CT molecular complexity index is 1170. The Hall–Kier alpha value is -2.61. The predicted octanol–water partition coefficient (Wildman–Crippen LogP) is 4.22. The number of halogens is 1. The molecule has 2 aromatic heterocycles. The number of fused-ring (bicyclic) bond motifs is 3. The number of hydrogen-bond donors (Lipinski definition) is 2. The van der Waals surface area contributed by atoms with Crippen molar-refractivity contribution in [3.63, 3.8) is 0 Å². The third-order valence-electron chi connectivity index (χ3n) is 5.09. The number of hydrogen-bond acceptors (Lipinski definition) is 4. The van der Waals surface area contributed by atoms with E-state index >= 15 is 0 Å². The van der Waals surface area contributed by atoms with Gasteiger partial charge in [0.1, 0.15) is 22.5 Å². The third kappa shape index (κ3) is 2.43. The maximum absolute atomic E-state index is 12.8. The number of amides is 1. The zero-order valence-electron chi connectivity index (χ0n) is 15.0. The van der Waals surface area contributed by atoms with Crippen molar-refractivity contribution in [2.45, 2.75) is 26.3 Å². The molecule has 0 spiro atoms.